The number of nitrogens with two attached hydrogens (primary N) is 1. The van der Waals surface area contributed by atoms with Crippen LogP contribution >= 0.6 is 0 Å². The molecule has 0 aromatic heterocycles. The van der Waals surface area contributed by atoms with Gasteiger partial charge in [0.05, 0.1) is 0 Å². The Kier molecular flexibility index (Phi) is 4.11. The average Bonchev–Trinajstić information content (AvgIpc) is 2.40. The molecule has 0 saturated carbocycles. The lowest BCUT2D eigenvalue weighted by Gasteiger charge is -2.15. The van der Waals surface area contributed by atoms with Crippen LogP contribution < -0.4 is 10.5 Å². The lowest BCUT2D eigenvalue weighted by atomic mass is 10.0. The van der Waals surface area contributed by atoms with E-state index in [1.165, 1.54) is 12.1 Å². The Morgan fingerprint density at radius 3 is 2.14 bits per heavy atom. The molecule has 2 rings (SSSR count). The summed E-state index contributed by atoms with van der Waals surface area (Å²) in [5.41, 5.74) is 5.68. The summed E-state index contributed by atoms with van der Waals surface area (Å²) in [6.07, 6.45) is -4.51. The van der Waals surface area contributed by atoms with Gasteiger partial charge in [-0.15, -0.1) is 0 Å². The maximum atomic E-state index is 13.0. The molecule has 0 spiro atoms. The minimum atomic E-state index is -4.51. The van der Waals surface area contributed by atoms with Crippen molar-refractivity contribution in [1.29, 1.82) is 0 Å². The second kappa shape index (κ2) is 5.68. The van der Waals surface area contributed by atoms with Crippen molar-refractivity contribution >= 4 is 5.69 Å². The Balaban J connectivity index is 2.31. The van der Waals surface area contributed by atoms with Crippen LogP contribution in [0.2, 0.25) is 0 Å². The maximum Gasteiger partial charge on any atom is 0.420 e. The molecule has 0 radical (unpaired) electrons. The predicted molar refractivity (Wildman–Crippen MR) is 76.5 cm³/mol. The number of benzene rings is 2. The van der Waals surface area contributed by atoms with Crippen LogP contribution in [0.15, 0.2) is 42.5 Å². The van der Waals surface area contributed by atoms with Crippen LogP contribution in [-0.4, -0.2) is 0 Å². The average molecular weight is 295 g/mol. The molecule has 0 atom stereocenters. The zero-order valence-electron chi connectivity index (χ0n) is 11.7. The van der Waals surface area contributed by atoms with Gasteiger partial charge < -0.3 is 10.5 Å². The molecule has 0 aliphatic carbocycles. The van der Waals surface area contributed by atoms with E-state index in [2.05, 4.69) is 0 Å². The molecule has 112 valence electrons. The van der Waals surface area contributed by atoms with Crippen LogP contribution in [-0.2, 0) is 6.18 Å². The van der Waals surface area contributed by atoms with Crippen molar-refractivity contribution in [2.24, 2.45) is 0 Å². The van der Waals surface area contributed by atoms with Gasteiger partial charge in [0, 0.05) is 5.69 Å². The number of hydrogen-bond donors (Lipinski definition) is 1. The molecule has 0 aliphatic rings. The van der Waals surface area contributed by atoms with E-state index >= 15 is 0 Å². The lowest BCUT2D eigenvalue weighted by molar-refractivity contribution is -0.138. The Morgan fingerprint density at radius 2 is 1.62 bits per heavy atom. The van der Waals surface area contributed by atoms with E-state index in [9.17, 15) is 13.2 Å². The summed E-state index contributed by atoms with van der Waals surface area (Å²) in [5.74, 6) is 0.449. The molecule has 0 bridgehead atoms. The first-order valence-electron chi connectivity index (χ1n) is 6.52. The molecule has 0 amide bonds. The molecule has 5 heteroatoms. The summed E-state index contributed by atoms with van der Waals surface area (Å²) < 4.78 is 44.2. The van der Waals surface area contributed by atoms with E-state index in [0.717, 1.165) is 11.6 Å². The molecule has 2 nitrogen and oxygen atoms in total. The van der Waals surface area contributed by atoms with Gasteiger partial charge in [-0.05, 0) is 41.8 Å². The summed E-state index contributed by atoms with van der Waals surface area (Å²) in [6, 6.07) is 10.5. The van der Waals surface area contributed by atoms with Gasteiger partial charge in [-0.25, -0.2) is 0 Å². The maximum absolute atomic E-state index is 13.0. The number of anilines is 1. The van der Waals surface area contributed by atoms with Gasteiger partial charge >= 0.3 is 6.18 Å². The van der Waals surface area contributed by atoms with Gasteiger partial charge in [0.15, 0.2) is 0 Å². The van der Waals surface area contributed by atoms with E-state index in [-0.39, 0.29) is 11.4 Å². The number of alkyl halides is 3. The number of hydrogen-bond acceptors (Lipinski definition) is 2. The van der Waals surface area contributed by atoms with Gasteiger partial charge in [-0.3, -0.25) is 0 Å². The Morgan fingerprint density at radius 1 is 1.00 bits per heavy atom. The minimum absolute atomic E-state index is 0.0461. The second-order valence-electron chi connectivity index (χ2n) is 5.08. The highest BCUT2D eigenvalue weighted by Gasteiger charge is 2.34. The fourth-order valence-corrected chi connectivity index (χ4v) is 1.91. The van der Waals surface area contributed by atoms with Crippen molar-refractivity contribution in [3.63, 3.8) is 0 Å². The standard InChI is InChI=1S/C16H16F3NO/c1-10(2)11-3-6-13(7-4-11)21-15-8-5-12(20)9-14(15)16(17,18)19/h3-10H,20H2,1-2H3. The highest BCUT2D eigenvalue weighted by molar-refractivity contribution is 5.50. The SMILES string of the molecule is CC(C)c1ccc(Oc2ccc(N)cc2C(F)(F)F)cc1. The number of rotatable bonds is 3. The van der Waals surface area contributed by atoms with Crippen molar-refractivity contribution in [3.8, 4) is 11.5 Å². The van der Waals surface area contributed by atoms with Gasteiger partial charge in [0.25, 0.3) is 0 Å². The molecule has 0 fully saturated rings. The normalized spacial score (nSPS) is 11.7. The van der Waals surface area contributed by atoms with E-state index in [1.807, 2.05) is 26.0 Å². The van der Waals surface area contributed by atoms with Crippen molar-refractivity contribution in [2.75, 3.05) is 5.73 Å². The third-order valence-corrected chi connectivity index (χ3v) is 3.08. The third kappa shape index (κ3) is 3.68. The molecule has 0 unspecified atom stereocenters. The first-order chi connectivity index (χ1) is 9.77. The van der Waals surface area contributed by atoms with Gasteiger partial charge in [0.2, 0.25) is 0 Å². The van der Waals surface area contributed by atoms with E-state index in [4.69, 9.17) is 10.5 Å². The lowest BCUT2D eigenvalue weighted by Crippen LogP contribution is -2.08. The quantitative estimate of drug-likeness (QED) is 0.789. The molecular formula is C16H16F3NO. The van der Waals surface area contributed by atoms with Crippen LogP contribution in [0.3, 0.4) is 0 Å². The summed E-state index contributed by atoms with van der Waals surface area (Å²) in [4.78, 5) is 0. The molecule has 2 aromatic rings. The summed E-state index contributed by atoms with van der Waals surface area (Å²) in [6.45, 7) is 4.08. The molecule has 2 aromatic carbocycles. The van der Waals surface area contributed by atoms with Crippen molar-refractivity contribution in [3.05, 3.63) is 53.6 Å². The van der Waals surface area contributed by atoms with Crippen LogP contribution in [0.25, 0.3) is 0 Å². The van der Waals surface area contributed by atoms with Crippen molar-refractivity contribution in [2.45, 2.75) is 25.9 Å². The van der Waals surface area contributed by atoms with Crippen LogP contribution in [0, 0.1) is 0 Å². The number of halogens is 3. The smallest absolute Gasteiger partial charge is 0.420 e. The summed E-state index contributed by atoms with van der Waals surface area (Å²) in [7, 11) is 0. The zero-order chi connectivity index (χ0) is 15.6. The topological polar surface area (TPSA) is 35.2 Å². The monoisotopic (exact) mass is 295 g/mol. The highest BCUT2D eigenvalue weighted by atomic mass is 19.4. The molecular weight excluding hydrogens is 279 g/mol. The molecule has 0 heterocycles. The Hall–Kier alpha value is -2.17. The van der Waals surface area contributed by atoms with Crippen molar-refractivity contribution < 1.29 is 17.9 Å². The predicted octanol–water partition coefficient (Wildman–Crippen LogP) is 5.20. The number of ether oxygens (including phenoxy) is 1. The fourth-order valence-electron chi connectivity index (χ4n) is 1.91. The van der Waals surface area contributed by atoms with Gasteiger partial charge in [0.1, 0.15) is 17.1 Å². The van der Waals surface area contributed by atoms with E-state index < -0.39 is 11.7 Å². The Bertz CT molecular complexity index is 618. The molecule has 0 saturated heterocycles. The van der Waals surface area contributed by atoms with Gasteiger partial charge in [-0.1, -0.05) is 26.0 Å². The third-order valence-electron chi connectivity index (χ3n) is 3.08. The van der Waals surface area contributed by atoms with Crippen LogP contribution in [0.5, 0.6) is 11.5 Å². The van der Waals surface area contributed by atoms with Crippen LogP contribution in [0.4, 0.5) is 18.9 Å². The highest BCUT2D eigenvalue weighted by Crippen LogP contribution is 2.39. The van der Waals surface area contributed by atoms with E-state index in [1.54, 1.807) is 12.1 Å². The fraction of sp³-hybridized carbons (Fsp3) is 0.250. The summed E-state index contributed by atoms with van der Waals surface area (Å²) >= 11 is 0. The minimum Gasteiger partial charge on any atom is -0.457 e. The first-order valence-corrected chi connectivity index (χ1v) is 6.52. The largest absolute Gasteiger partial charge is 0.457 e. The molecule has 0 aliphatic heterocycles. The van der Waals surface area contributed by atoms with Crippen molar-refractivity contribution in [1.82, 2.24) is 0 Å². The Labute approximate surface area is 121 Å². The molecule has 2 N–H and O–H groups in total. The molecule has 21 heavy (non-hydrogen) atoms. The first kappa shape index (κ1) is 15.2. The number of nitrogen functional groups attached to an aromatic ring is 1. The van der Waals surface area contributed by atoms with Gasteiger partial charge in [-0.2, -0.15) is 13.2 Å². The summed E-state index contributed by atoms with van der Waals surface area (Å²) in [5, 5.41) is 0. The second-order valence-corrected chi connectivity index (χ2v) is 5.08. The van der Waals surface area contributed by atoms with Crippen LogP contribution in [0.1, 0.15) is 30.9 Å². The zero-order valence-corrected chi connectivity index (χ0v) is 11.7. The van der Waals surface area contributed by atoms with E-state index in [0.29, 0.717) is 11.7 Å².